The Morgan fingerprint density at radius 1 is 1.32 bits per heavy atom. The molecule has 1 aliphatic rings. The molecule has 5 nitrogen and oxygen atoms in total. The summed E-state index contributed by atoms with van der Waals surface area (Å²) in [7, 11) is 1.86. The summed E-state index contributed by atoms with van der Waals surface area (Å²) in [6.07, 6.45) is 5.25. The summed E-state index contributed by atoms with van der Waals surface area (Å²) < 4.78 is 1.99. The number of thioether (sulfide) groups is 1. The maximum absolute atomic E-state index is 4.47. The lowest BCUT2D eigenvalue weighted by Crippen LogP contribution is -2.47. The summed E-state index contributed by atoms with van der Waals surface area (Å²) in [4.78, 5) is 6.84. The average molecular weight is 358 g/mol. The fourth-order valence-electron chi connectivity index (χ4n) is 3.03. The van der Waals surface area contributed by atoms with E-state index in [0.29, 0.717) is 5.25 Å². The van der Waals surface area contributed by atoms with Gasteiger partial charge in [-0.05, 0) is 12.0 Å². The molecule has 1 atom stereocenters. The molecule has 3 rings (SSSR count). The minimum absolute atomic E-state index is 0.709. The summed E-state index contributed by atoms with van der Waals surface area (Å²) >= 11 is 2.08. The Balaban J connectivity index is 1.54. The van der Waals surface area contributed by atoms with Crippen molar-refractivity contribution in [3.05, 3.63) is 53.9 Å². The number of hydrogen-bond acceptors (Lipinski definition) is 3. The largest absolute Gasteiger partial charge is 0.352 e. The minimum Gasteiger partial charge on any atom is -0.352 e. The van der Waals surface area contributed by atoms with Crippen molar-refractivity contribution in [2.45, 2.75) is 31.7 Å². The van der Waals surface area contributed by atoms with Crippen molar-refractivity contribution in [3.8, 4) is 0 Å². The third kappa shape index (κ3) is 5.01. The Morgan fingerprint density at radius 2 is 2.16 bits per heavy atom. The predicted molar refractivity (Wildman–Crippen MR) is 106 cm³/mol. The number of benzene rings is 1. The molecule has 1 unspecified atom stereocenters. The van der Waals surface area contributed by atoms with Gasteiger partial charge in [0.05, 0.1) is 12.7 Å². The number of guanidine groups is 1. The molecule has 1 aliphatic heterocycles. The van der Waals surface area contributed by atoms with Gasteiger partial charge in [-0.1, -0.05) is 37.3 Å². The first-order valence-electron chi connectivity index (χ1n) is 8.91. The van der Waals surface area contributed by atoms with Crippen LogP contribution in [0.4, 0.5) is 0 Å². The van der Waals surface area contributed by atoms with Gasteiger partial charge in [-0.15, -0.1) is 0 Å². The molecule has 0 aliphatic carbocycles. The van der Waals surface area contributed by atoms with E-state index in [9.17, 15) is 0 Å². The second-order valence-corrected chi connectivity index (χ2v) is 7.69. The van der Waals surface area contributed by atoms with Crippen molar-refractivity contribution < 1.29 is 0 Å². The first kappa shape index (κ1) is 17.9. The highest BCUT2D eigenvalue weighted by atomic mass is 32.2. The van der Waals surface area contributed by atoms with Crippen molar-refractivity contribution in [1.29, 1.82) is 0 Å². The molecule has 1 fully saturated rings. The molecule has 25 heavy (non-hydrogen) atoms. The highest BCUT2D eigenvalue weighted by Gasteiger charge is 2.21. The van der Waals surface area contributed by atoms with Crippen LogP contribution in [-0.4, -0.2) is 51.8 Å². The molecule has 0 saturated carbocycles. The lowest BCUT2D eigenvalue weighted by Gasteiger charge is -2.34. The quantitative estimate of drug-likeness (QED) is 0.660. The van der Waals surface area contributed by atoms with Crippen LogP contribution in [0.3, 0.4) is 0 Å². The van der Waals surface area contributed by atoms with Gasteiger partial charge in [0.15, 0.2) is 5.96 Å². The van der Waals surface area contributed by atoms with Crippen LogP contribution >= 0.6 is 11.8 Å². The van der Waals surface area contributed by atoms with Crippen LogP contribution in [0.2, 0.25) is 0 Å². The number of nitrogens with zero attached hydrogens (tertiary/aromatic N) is 4. The molecule has 0 radical (unpaired) electrons. The highest BCUT2D eigenvalue weighted by molar-refractivity contribution is 8.00. The summed E-state index contributed by atoms with van der Waals surface area (Å²) in [5.41, 5.74) is 2.44. The fraction of sp³-hybridized carbons (Fsp3) is 0.474. The second kappa shape index (κ2) is 8.94. The van der Waals surface area contributed by atoms with Gasteiger partial charge < -0.3 is 10.2 Å². The molecule has 0 spiro atoms. The van der Waals surface area contributed by atoms with Crippen molar-refractivity contribution in [1.82, 2.24) is 20.0 Å². The van der Waals surface area contributed by atoms with Gasteiger partial charge in [-0.3, -0.25) is 9.67 Å². The molecule has 1 N–H and O–H groups in total. The van der Waals surface area contributed by atoms with Gasteiger partial charge in [0, 0.05) is 49.4 Å². The van der Waals surface area contributed by atoms with Crippen molar-refractivity contribution in [2.24, 2.45) is 4.99 Å². The molecule has 2 aromatic rings. The van der Waals surface area contributed by atoms with Crippen LogP contribution in [0, 0.1) is 0 Å². The average Bonchev–Trinajstić information content (AvgIpc) is 3.10. The lowest BCUT2D eigenvalue weighted by atomic mass is 10.2. The van der Waals surface area contributed by atoms with Gasteiger partial charge >= 0.3 is 0 Å². The Kier molecular flexibility index (Phi) is 6.39. The summed E-state index contributed by atoms with van der Waals surface area (Å²) in [6, 6.07) is 10.4. The monoisotopic (exact) mass is 357 g/mol. The van der Waals surface area contributed by atoms with E-state index < -0.39 is 0 Å². The Morgan fingerprint density at radius 3 is 2.92 bits per heavy atom. The number of rotatable bonds is 5. The second-order valence-electron chi connectivity index (χ2n) is 6.28. The Bertz CT molecular complexity index is 682. The minimum atomic E-state index is 0.709. The van der Waals surface area contributed by atoms with Gasteiger partial charge in [-0.2, -0.15) is 16.9 Å². The fourth-order valence-corrected chi connectivity index (χ4v) is 4.21. The zero-order chi connectivity index (χ0) is 17.5. The molecule has 1 saturated heterocycles. The van der Waals surface area contributed by atoms with Crippen LogP contribution in [0.15, 0.2) is 47.7 Å². The maximum atomic E-state index is 4.47. The van der Waals surface area contributed by atoms with E-state index in [1.54, 1.807) is 0 Å². The standard InChI is InChI=1S/C19H27N5S/c1-3-18-15-23(9-10-25-18)19(20-2)21-11-17-12-22-24(14-17)13-16-7-5-4-6-8-16/h4-8,12,14,18H,3,9-11,13,15H2,1-2H3,(H,20,21). The van der Waals surface area contributed by atoms with Crippen molar-refractivity contribution in [3.63, 3.8) is 0 Å². The molecule has 0 amide bonds. The van der Waals surface area contributed by atoms with Gasteiger partial charge in [0.1, 0.15) is 0 Å². The summed E-state index contributed by atoms with van der Waals surface area (Å²) in [6.45, 7) is 5.96. The molecule has 1 aromatic heterocycles. The predicted octanol–water partition coefficient (Wildman–Crippen LogP) is 2.83. The molecular weight excluding hydrogens is 330 g/mol. The number of nitrogens with one attached hydrogen (secondary N) is 1. The number of aliphatic imine (C=N–C) groups is 1. The normalized spacial score (nSPS) is 18.4. The smallest absolute Gasteiger partial charge is 0.193 e. The molecule has 6 heteroatoms. The van der Waals surface area contributed by atoms with E-state index in [-0.39, 0.29) is 0 Å². The molecule has 2 heterocycles. The molecule has 0 bridgehead atoms. The van der Waals surface area contributed by atoms with Crippen LogP contribution in [0.5, 0.6) is 0 Å². The summed E-state index contributed by atoms with van der Waals surface area (Å²) in [5.74, 6) is 2.17. The topological polar surface area (TPSA) is 45.4 Å². The van der Waals surface area contributed by atoms with Crippen LogP contribution in [0.1, 0.15) is 24.5 Å². The SMILES string of the molecule is CCC1CN(C(=NC)NCc2cnn(Cc3ccccc3)c2)CCS1. The molecule has 1 aromatic carbocycles. The van der Waals surface area contributed by atoms with Gasteiger partial charge in [0.25, 0.3) is 0 Å². The molecular formula is C19H27N5S. The first-order chi connectivity index (χ1) is 12.3. The third-order valence-electron chi connectivity index (χ3n) is 4.43. The van der Waals surface area contributed by atoms with Gasteiger partial charge in [0.2, 0.25) is 0 Å². The van der Waals surface area contributed by atoms with E-state index >= 15 is 0 Å². The van der Waals surface area contributed by atoms with Crippen molar-refractivity contribution >= 4 is 17.7 Å². The van der Waals surface area contributed by atoms with Crippen LogP contribution in [-0.2, 0) is 13.1 Å². The van der Waals surface area contributed by atoms with E-state index in [4.69, 9.17) is 0 Å². The number of hydrogen-bond donors (Lipinski definition) is 1. The van der Waals surface area contributed by atoms with Crippen molar-refractivity contribution in [2.75, 3.05) is 25.9 Å². The van der Waals surface area contributed by atoms with Crippen LogP contribution in [0.25, 0.3) is 0 Å². The van der Waals surface area contributed by atoms with E-state index in [0.717, 1.165) is 32.1 Å². The van der Waals surface area contributed by atoms with Gasteiger partial charge in [-0.25, -0.2) is 0 Å². The highest BCUT2D eigenvalue weighted by Crippen LogP contribution is 2.21. The third-order valence-corrected chi connectivity index (χ3v) is 5.80. The zero-order valence-corrected chi connectivity index (χ0v) is 15.9. The summed E-state index contributed by atoms with van der Waals surface area (Å²) in [5, 5.41) is 8.67. The zero-order valence-electron chi connectivity index (χ0n) is 15.1. The Labute approximate surface area is 154 Å². The Hall–Kier alpha value is -1.95. The molecule has 134 valence electrons. The van der Waals surface area contributed by atoms with Crippen LogP contribution < -0.4 is 5.32 Å². The van der Waals surface area contributed by atoms with E-state index in [2.05, 4.69) is 69.5 Å². The number of aromatic nitrogens is 2. The first-order valence-corrected chi connectivity index (χ1v) is 9.95. The van der Waals surface area contributed by atoms with E-state index in [1.165, 1.54) is 23.3 Å². The van der Waals surface area contributed by atoms with E-state index in [1.807, 2.05) is 24.0 Å². The maximum Gasteiger partial charge on any atom is 0.193 e. The lowest BCUT2D eigenvalue weighted by molar-refractivity contribution is 0.408.